The summed E-state index contributed by atoms with van der Waals surface area (Å²) >= 11 is 0. The first-order chi connectivity index (χ1) is 18.8. The Labute approximate surface area is 236 Å². The van der Waals surface area contributed by atoms with E-state index in [1.165, 1.54) is 159 Å². The molecule has 1 aromatic heterocycles. The molecule has 0 aliphatic carbocycles. The van der Waals surface area contributed by atoms with Gasteiger partial charge in [-0.15, -0.1) is 0 Å². The van der Waals surface area contributed by atoms with Gasteiger partial charge in [-0.25, -0.2) is 9.97 Å². The number of aromatic nitrogens is 2. The average Bonchev–Trinajstić information content (AvgIpc) is 2.95. The van der Waals surface area contributed by atoms with Crippen LogP contribution in [0.3, 0.4) is 0 Å². The van der Waals surface area contributed by atoms with Gasteiger partial charge < -0.3 is 0 Å². The van der Waals surface area contributed by atoms with E-state index in [1.54, 1.807) is 0 Å². The summed E-state index contributed by atoms with van der Waals surface area (Å²) in [5.74, 6) is 0.855. The molecule has 0 saturated heterocycles. The average molecular weight is 521 g/mol. The van der Waals surface area contributed by atoms with Crippen molar-refractivity contribution >= 4 is 0 Å². The number of hydrogen-bond acceptors (Lipinski definition) is 2. The molecule has 0 spiro atoms. The van der Waals surface area contributed by atoms with Crippen molar-refractivity contribution in [3.05, 3.63) is 47.8 Å². The van der Waals surface area contributed by atoms with Crippen LogP contribution in [-0.2, 0) is 12.8 Å². The summed E-state index contributed by atoms with van der Waals surface area (Å²) < 4.78 is 0. The lowest BCUT2D eigenvalue weighted by molar-refractivity contribution is 0.544. The van der Waals surface area contributed by atoms with E-state index in [4.69, 9.17) is 0 Å². The van der Waals surface area contributed by atoms with Crippen molar-refractivity contribution in [2.75, 3.05) is 0 Å². The largest absolute Gasteiger partial charge is 0.236 e. The predicted molar refractivity (Wildman–Crippen MR) is 168 cm³/mol. The normalized spacial score (nSPS) is 11.3. The van der Waals surface area contributed by atoms with Crippen molar-refractivity contribution in [2.24, 2.45) is 0 Å². The van der Waals surface area contributed by atoms with Gasteiger partial charge in [-0.3, -0.25) is 0 Å². The highest BCUT2D eigenvalue weighted by Crippen LogP contribution is 2.18. The summed E-state index contributed by atoms with van der Waals surface area (Å²) in [7, 11) is 0. The Hall–Kier alpha value is -1.70. The Balaban J connectivity index is 1.50. The molecule has 0 unspecified atom stereocenters. The van der Waals surface area contributed by atoms with Gasteiger partial charge in [0.2, 0.25) is 0 Å². The van der Waals surface area contributed by atoms with E-state index in [0.717, 1.165) is 17.8 Å². The molecule has 0 aliphatic rings. The second kappa shape index (κ2) is 23.2. The van der Waals surface area contributed by atoms with Gasteiger partial charge >= 0.3 is 0 Å². The van der Waals surface area contributed by atoms with Crippen LogP contribution in [0.1, 0.15) is 166 Å². The molecule has 0 fully saturated rings. The fourth-order valence-corrected chi connectivity index (χ4v) is 5.44. The van der Waals surface area contributed by atoms with Gasteiger partial charge in [0, 0.05) is 18.0 Å². The van der Waals surface area contributed by atoms with Gasteiger partial charge in [0.05, 0.1) is 0 Å². The first kappa shape index (κ1) is 32.5. The van der Waals surface area contributed by atoms with E-state index < -0.39 is 0 Å². The molecule has 0 amide bonds. The molecule has 2 aromatic rings. The van der Waals surface area contributed by atoms with Crippen LogP contribution in [0.4, 0.5) is 0 Å². The van der Waals surface area contributed by atoms with E-state index in [0.29, 0.717) is 0 Å². The lowest BCUT2D eigenvalue weighted by atomic mass is 10.0. The summed E-state index contributed by atoms with van der Waals surface area (Å²) in [6, 6.07) is 8.95. The van der Waals surface area contributed by atoms with Crippen molar-refractivity contribution in [2.45, 2.75) is 168 Å². The van der Waals surface area contributed by atoms with Crippen molar-refractivity contribution in [3.8, 4) is 11.4 Å². The molecule has 38 heavy (non-hydrogen) atoms. The highest BCUT2D eigenvalue weighted by molar-refractivity contribution is 5.55. The third-order valence-corrected chi connectivity index (χ3v) is 8.06. The number of unbranched alkanes of at least 4 members (excludes halogenated alkanes) is 20. The molecule has 2 nitrogen and oxygen atoms in total. The van der Waals surface area contributed by atoms with Crippen LogP contribution < -0.4 is 0 Å². The van der Waals surface area contributed by atoms with Crippen LogP contribution in [0.25, 0.3) is 11.4 Å². The quantitative estimate of drug-likeness (QED) is 0.122. The molecule has 0 bridgehead atoms. The molecule has 1 heterocycles. The van der Waals surface area contributed by atoms with Gasteiger partial charge in [0.25, 0.3) is 0 Å². The molecular weight excluding hydrogens is 460 g/mol. The monoisotopic (exact) mass is 520 g/mol. The van der Waals surface area contributed by atoms with Crippen molar-refractivity contribution in [1.29, 1.82) is 0 Å². The lowest BCUT2D eigenvalue weighted by Gasteiger charge is -2.06. The molecular formula is C36H60N2. The zero-order valence-electron chi connectivity index (χ0n) is 25.3. The van der Waals surface area contributed by atoms with E-state index >= 15 is 0 Å². The SMILES string of the molecule is CCCCCCCCCCCCCCc1ccc(-c2ncc(CCCCCCCCCCCC)cn2)cc1. The van der Waals surface area contributed by atoms with E-state index in [-0.39, 0.29) is 0 Å². The smallest absolute Gasteiger partial charge is 0.159 e. The third kappa shape index (κ3) is 16.3. The fourth-order valence-electron chi connectivity index (χ4n) is 5.44. The van der Waals surface area contributed by atoms with Gasteiger partial charge in [-0.1, -0.05) is 167 Å². The van der Waals surface area contributed by atoms with Crippen LogP contribution in [0.15, 0.2) is 36.7 Å². The molecule has 0 radical (unpaired) electrons. The number of benzene rings is 1. The topological polar surface area (TPSA) is 25.8 Å². The maximum atomic E-state index is 4.67. The first-order valence-corrected chi connectivity index (χ1v) is 16.7. The summed E-state index contributed by atoms with van der Waals surface area (Å²) in [6.07, 6.45) is 37.1. The summed E-state index contributed by atoms with van der Waals surface area (Å²) in [6.45, 7) is 4.58. The Bertz CT molecular complexity index is 765. The van der Waals surface area contributed by atoms with Crippen LogP contribution in [0.2, 0.25) is 0 Å². The molecule has 1 aromatic carbocycles. The number of aryl methyl sites for hydroxylation is 2. The molecule has 0 atom stereocenters. The van der Waals surface area contributed by atoms with Gasteiger partial charge in [0.1, 0.15) is 0 Å². The van der Waals surface area contributed by atoms with Crippen molar-refractivity contribution in [3.63, 3.8) is 0 Å². The lowest BCUT2D eigenvalue weighted by Crippen LogP contribution is -1.94. The molecule has 0 N–H and O–H groups in total. The minimum Gasteiger partial charge on any atom is -0.236 e. The Morgan fingerprint density at radius 3 is 1.13 bits per heavy atom. The van der Waals surface area contributed by atoms with Gasteiger partial charge in [0.15, 0.2) is 5.82 Å². The Morgan fingerprint density at radius 1 is 0.395 bits per heavy atom. The van der Waals surface area contributed by atoms with Crippen LogP contribution >= 0.6 is 0 Å². The van der Waals surface area contributed by atoms with Crippen molar-refractivity contribution < 1.29 is 0 Å². The van der Waals surface area contributed by atoms with Crippen molar-refractivity contribution in [1.82, 2.24) is 9.97 Å². The highest BCUT2D eigenvalue weighted by atomic mass is 14.9. The zero-order chi connectivity index (χ0) is 26.9. The first-order valence-electron chi connectivity index (χ1n) is 16.7. The van der Waals surface area contributed by atoms with Crippen LogP contribution in [0.5, 0.6) is 0 Å². The van der Waals surface area contributed by atoms with Gasteiger partial charge in [-0.2, -0.15) is 0 Å². The molecule has 214 valence electrons. The molecule has 2 rings (SSSR count). The summed E-state index contributed by atoms with van der Waals surface area (Å²) in [5.41, 5.74) is 3.85. The fraction of sp³-hybridized carbons (Fsp3) is 0.722. The predicted octanol–water partition coefficient (Wildman–Crippen LogP) is 11.9. The molecule has 0 aliphatic heterocycles. The maximum absolute atomic E-state index is 4.67. The second-order valence-electron chi connectivity index (χ2n) is 11.7. The van der Waals surface area contributed by atoms with Crippen LogP contribution in [0, 0.1) is 0 Å². The van der Waals surface area contributed by atoms with Gasteiger partial charge in [-0.05, 0) is 36.8 Å². The third-order valence-electron chi connectivity index (χ3n) is 8.06. The molecule has 2 heteroatoms. The Morgan fingerprint density at radius 2 is 0.737 bits per heavy atom. The van der Waals surface area contributed by atoms with E-state index in [2.05, 4.69) is 48.1 Å². The second-order valence-corrected chi connectivity index (χ2v) is 11.7. The van der Waals surface area contributed by atoms with E-state index in [9.17, 15) is 0 Å². The van der Waals surface area contributed by atoms with E-state index in [1.807, 2.05) is 12.4 Å². The number of hydrogen-bond donors (Lipinski definition) is 0. The minimum atomic E-state index is 0.855. The minimum absolute atomic E-state index is 0.855. The maximum Gasteiger partial charge on any atom is 0.159 e. The van der Waals surface area contributed by atoms with Crippen LogP contribution in [-0.4, -0.2) is 9.97 Å². The Kier molecular flexibility index (Phi) is 19.9. The summed E-state index contributed by atoms with van der Waals surface area (Å²) in [5, 5.41) is 0. The zero-order valence-corrected chi connectivity index (χ0v) is 25.3. The highest BCUT2D eigenvalue weighted by Gasteiger charge is 2.03. The number of rotatable bonds is 25. The molecule has 0 saturated carbocycles. The standard InChI is InChI=1S/C36H60N2/c1-3-5-7-9-11-13-15-16-18-19-21-23-25-33-27-29-35(30-28-33)36-37-31-34(32-38-36)26-24-22-20-17-14-12-10-8-6-4-2/h27-32H,3-26H2,1-2H3. The summed E-state index contributed by atoms with van der Waals surface area (Å²) in [4.78, 5) is 9.33. The number of nitrogens with zero attached hydrogens (tertiary/aromatic N) is 2.